The summed E-state index contributed by atoms with van der Waals surface area (Å²) in [6, 6.07) is 10.7. The summed E-state index contributed by atoms with van der Waals surface area (Å²) < 4.78 is 40.5. The fourth-order valence-corrected chi connectivity index (χ4v) is 3.75. The third kappa shape index (κ3) is 4.45. The summed E-state index contributed by atoms with van der Waals surface area (Å²) in [5, 5.41) is 11.6. The van der Waals surface area contributed by atoms with Crippen molar-refractivity contribution < 1.29 is 27.9 Å². The Bertz CT molecular complexity index is 1660. The lowest BCUT2D eigenvalue weighted by molar-refractivity contribution is -0.137. The van der Waals surface area contributed by atoms with Gasteiger partial charge in [-0.3, -0.25) is 9.20 Å². The first-order valence-electron chi connectivity index (χ1n) is 10.6. The summed E-state index contributed by atoms with van der Waals surface area (Å²) in [4.78, 5) is 39.2. The maximum absolute atomic E-state index is 12.9. The molecule has 0 spiro atoms. The number of amides is 1. The molecule has 37 heavy (non-hydrogen) atoms. The minimum Gasteiger partial charge on any atom is -0.477 e. The molecular weight excluding hydrogens is 491 g/mol. The number of imidazole rings is 1. The number of benzene rings is 1. The number of alkyl halides is 3. The second-order valence-electron chi connectivity index (χ2n) is 7.86. The summed E-state index contributed by atoms with van der Waals surface area (Å²) in [5.74, 6) is -1.44. The van der Waals surface area contributed by atoms with E-state index >= 15 is 0 Å². The lowest BCUT2D eigenvalue weighted by Gasteiger charge is -2.09. The fourth-order valence-electron chi connectivity index (χ4n) is 3.75. The van der Waals surface area contributed by atoms with Gasteiger partial charge in [-0.05, 0) is 36.4 Å². The van der Waals surface area contributed by atoms with Crippen LogP contribution in [0.2, 0.25) is 0 Å². The molecule has 0 saturated carbocycles. The minimum atomic E-state index is -4.57. The smallest absolute Gasteiger partial charge is 0.416 e. The van der Waals surface area contributed by atoms with Crippen LogP contribution in [-0.2, 0) is 6.18 Å². The van der Waals surface area contributed by atoms with E-state index in [9.17, 15) is 27.9 Å². The quantitative estimate of drug-likeness (QED) is 0.276. The Morgan fingerprint density at radius 3 is 2.46 bits per heavy atom. The van der Waals surface area contributed by atoms with Crippen LogP contribution in [0.1, 0.15) is 26.4 Å². The van der Waals surface area contributed by atoms with Gasteiger partial charge in [0.05, 0.1) is 11.3 Å². The average molecular weight is 507 g/mol. The molecule has 13 heteroatoms. The molecule has 0 aliphatic carbocycles. The molecular formula is C24H16F3N7O3. The summed E-state index contributed by atoms with van der Waals surface area (Å²) in [7, 11) is 0. The van der Waals surface area contributed by atoms with Crippen molar-refractivity contribution in [2.24, 2.45) is 0 Å². The predicted octanol–water partition coefficient (Wildman–Crippen LogP) is 4.34. The number of carboxylic acids is 1. The molecule has 1 amide bonds. The Morgan fingerprint density at radius 2 is 1.78 bits per heavy atom. The number of carbonyl (C=O) groups excluding carboxylic acids is 1. The summed E-state index contributed by atoms with van der Waals surface area (Å²) in [6.45, 7) is 0. The molecule has 0 aliphatic heterocycles. The number of rotatable bonds is 5. The number of nitrogen functional groups attached to an aromatic ring is 1. The van der Waals surface area contributed by atoms with Crippen LogP contribution < -0.4 is 11.1 Å². The van der Waals surface area contributed by atoms with Crippen LogP contribution in [-0.4, -0.2) is 41.3 Å². The number of nitrogens with one attached hydrogen (secondary N) is 2. The monoisotopic (exact) mass is 507 g/mol. The lowest BCUT2D eigenvalue weighted by atomic mass is 10.1. The van der Waals surface area contributed by atoms with Crippen molar-refractivity contribution in [3.05, 3.63) is 83.9 Å². The number of fused-ring (bicyclic) bond motifs is 1. The maximum atomic E-state index is 12.9. The number of pyridine rings is 1. The minimum absolute atomic E-state index is 0.0130. The first kappa shape index (κ1) is 23.5. The zero-order chi connectivity index (χ0) is 26.3. The SMILES string of the molecule is Nc1nccn2c(-c3ccc(C(=O)O)[nH]3)nc(-c3ccc(C(=O)Nc4cc(C(F)(F)F)ccn4)cc3)c12. The molecule has 4 aromatic heterocycles. The lowest BCUT2D eigenvalue weighted by Crippen LogP contribution is -2.14. The Labute approximate surface area is 205 Å². The summed E-state index contributed by atoms with van der Waals surface area (Å²) in [6.07, 6.45) is -0.496. The van der Waals surface area contributed by atoms with Crippen LogP contribution >= 0.6 is 0 Å². The topological polar surface area (TPSA) is 151 Å². The van der Waals surface area contributed by atoms with E-state index in [-0.39, 0.29) is 22.9 Å². The number of aromatic nitrogens is 5. The molecule has 0 radical (unpaired) electrons. The third-order valence-electron chi connectivity index (χ3n) is 5.49. The number of aromatic amines is 1. The number of halogens is 3. The van der Waals surface area contributed by atoms with Gasteiger partial charge in [0, 0.05) is 29.7 Å². The van der Waals surface area contributed by atoms with Crippen LogP contribution in [0.25, 0.3) is 28.3 Å². The van der Waals surface area contributed by atoms with E-state index in [1.54, 1.807) is 28.8 Å². The van der Waals surface area contributed by atoms with Gasteiger partial charge in [-0.15, -0.1) is 0 Å². The van der Waals surface area contributed by atoms with Crippen molar-refractivity contribution in [2.45, 2.75) is 6.18 Å². The van der Waals surface area contributed by atoms with Gasteiger partial charge < -0.3 is 21.1 Å². The number of nitrogens with two attached hydrogens (primary N) is 1. The number of anilines is 2. The van der Waals surface area contributed by atoms with Gasteiger partial charge in [-0.1, -0.05) is 12.1 Å². The second kappa shape index (κ2) is 8.78. The van der Waals surface area contributed by atoms with Gasteiger partial charge in [-0.25, -0.2) is 19.7 Å². The van der Waals surface area contributed by atoms with Gasteiger partial charge in [0.2, 0.25) is 0 Å². The van der Waals surface area contributed by atoms with Crippen LogP contribution in [0.5, 0.6) is 0 Å². The van der Waals surface area contributed by atoms with Crippen LogP contribution in [0.4, 0.5) is 24.8 Å². The molecule has 4 heterocycles. The molecule has 5 N–H and O–H groups in total. The molecule has 0 unspecified atom stereocenters. The second-order valence-corrected chi connectivity index (χ2v) is 7.86. The van der Waals surface area contributed by atoms with Gasteiger partial charge in [0.1, 0.15) is 28.5 Å². The molecule has 0 fully saturated rings. The first-order valence-corrected chi connectivity index (χ1v) is 10.6. The van der Waals surface area contributed by atoms with E-state index < -0.39 is 23.6 Å². The van der Waals surface area contributed by atoms with E-state index in [0.29, 0.717) is 28.3 Å². The van der Waals surface area contributed by atoms with Gasteiger partial charge in [0.25, 0.3) is 5.91 Å². The molecule has 1 aromatic carbocycles. The van der Waals surface area contributed by atoms with Crippen molar-refractivity contribution in [1.82, 2.24) is 24.3 Å². The van der Waals surface area contributed by atoms with E-state index in [1.807, 2.05) is 0 Å². The van der Waals surface area contributed by atoms with Gasteiger partial charge in [-0.2, -0.15) is 13.2 Å². The van der Waals surface area contributed by atoms with Crippen LogP contribution in [0, 0.1) is 0 Å². The molecule has 10 nitrogen and oxygen atoms in total. The Kier molecular flexibility index (Phi) is 5.59. The molecule has 0 bridgehead atoms. The average Bonchev–Trinajstić information content (AvgIpc) is 3.50. The zero-order valence-electron chi connectivity index (χ0n) is 18.6. The van der Waals surface area contributed by atoms with Crippen molar-refractivity contribution in [3.8, 4) is 22.8 Å². The number of hydrogen-bond donors (Lipinski definition) is 4. The highest BCUT2D eigenvalue weighted by molar-refractivity contribution is 6.04. The van der Waals surface area contributed by atoms with Crippen molar-refractivity contribution in [2.75, 3.05) is 11.1 Å². The molecule has 0 aliphatic rings. The molecule has 0 atom stereocenters. The zero-order valence-corrected chi connectivity index (χ0v) is 18.6. The van der Waals surface area contributed by atoms with Crippen molar-refractivity contribution in [3.63, 3.8) is 0 Å². The predicted molar refractivity (Wildman–Crippen MR) is 127 cm³/mol. The third-order valence-corrected chi connectivity index (χ3v) is 5.49. The van der Waals surface area contributed by atoms with Crippen molar-refractivity contribution in [1.29, 1.82) is 0 Å². The molecule has 0 saturated heterocycles. The standard InChI is InChI=1S/C24H16F3N7O3/c25-24(26,27)14-7-8-29-17(11-14)32-22(35)13-3-1-12(2-4-13)18-19-20(28)30-9-10-34(19)21(33-18)15-5-6-16(31-15)23(36)37/h1-11,31H,(H2,28,30)(H,36,37)(H,29,32,35). The molecule has 186 valence electrons. The molecule has 5 aromatic rings. The fraction of sp³-hybridized carbons (Fsp3) is 0.0417. The highest BCUT2D eigenvalue weighted by Gasteiger charge is 2.31. The number of carbonyl (C=O) groups is 2. The van der Waals surface area contributed by atoms with E-state index in [1.165, 1.54) is 24.4 Å². The summed E-state index contributed by atoms with van der Waals surface area (Å²) in [5.41, 5.74) is 7.26. The highest BCUT2D eigenvalue weighted by Crippen LogP contribution is 2.32. The highest BCUT2D eigenvalue weighted by atomic mass is 19.4. The van der Waals surface area contributed by atoms with E-state index in [0.717, 1.165) is 18.3 Å². The van der Waals surface area contributed by atoms with E-state index in [2.05, 4.69) is 25.3 Å². The van der Waals surface area contributed by atoms with E-state index in [4.69, 9.17) is 5.73 Å². The maximum Gasteiger partial charge on any atom is 0.416 e. The van der Waals surface area contributed by atoms with Crippen molar-refractivity contribution >= 4 is 29.0 Å². The Hall–Kier alpha value is -5.20. The number of nitrogens with zero attached hydrogens (tertiary/aromatic N) is 4. The Balaban J connectivity index is 1.47. The largest absolute Gasteiger partial charge is 0.477 e. The number of aromatic carboxylic acids is 1. The number of H-pyrrole nitrogens is 1. The number of hydrogen-bond acceptors (Lipinski definition) is 6. The van der Waals surface area contributed by atoms with Gasteiger partial charge in [0.15, 0.2) is 5.82 Å². The van der Waals surface area contributed by atoms with Crippen LogP contribution in [0.3, 0.4) is 0 Å². The Morgan fingerprint density at radius 1 is 1.03 bits per heavy atom. The van der Waals surface area contributed by atoms with Gasteiger partial charge >= 0.3 is 12.1 Å². The number of carboxylic acid groups (broad SMARTS) is 1. The normalized spacial score (nSPS) is 11.5. The molecule has 5 rings (SSSR count). The first-order chi connectivity index (χ1) is 17.6. The van der Waals surface area contributed by atoms with Crippen LogP contribution in [0.15, 0.2) is 67.1 Å². The summed E-state index contributed by atoms with van der Waals surface area (Å²) >= 11 is 0.